The van der Waals surface area contributed by atoms with Crippen LogP contribution in [0.4, 0.5) is 56.6 Å². The molecule has 0 aromatic heterocycles. The number of amides is 2. The summed E-state index contributed by atoms with van der Waals surface area (Å²) < 4.78 is 126. The SMILES string of the molecule is Nc1ccc(-c2ccc(N3C(=O)c4cccc5c(-c6ccc(N)cc6C(F)(F)F)ccc(c45)C3=O)cc2C(F)(F)F)c(C(F)(F)F)c1. The number of nitrogens with two attached hydrogens (primary N) is 2. The molecule has 0 unspecified atom stereocenters. The summed E-state index contributed by atoms with van der Waals surface area (Å²) in [5, 5.41) is 0.0662. The summed E-state index contributed by atoms with van der Waals surface area (Å²) in [7, 11) is 0. The van der Waals surface area contributed by atoms with E-state index < -0.39 is 63.8 Å². The second kappa shape index (κ2) is 10.5. The topological polar surface area (TPSA) is 89.4 Å². The molecule has 4 N–H and O–H groups in total. The fourth-order valence-electron chi connectivity index (χ4n) is 5.77. The maximum Gasteiger partial charge on any atom is 0.417 e. The maximum absolute atomic E-state index is 14.4. The molecule has 1 heterocycles. The first-order valence-corrected chi connectivity index (χ1v) is 13.5. The zero-order valence-corrected chi connectivity index (χ0v) is 23.4. The summed E-state index contributed by atoms with van der Waals surface area (Å²) in [5.41, 5.74) is 3.56. The number of benzene rings is 5. The van der Waals surface area contributed by atoms with Crippen molar-refractivity contribution in [2.75, 3.05) is 16.4 Å². The lowest BCUT2D eigenvalue weighted by Crippen LogP contribution is -2.40. The fraction of sp³-hybridized carbons (Fsp3) is 0.0909. The molecule has 0 atom stereocenters. The van der Waals surface area contributed by atoms with E-state index in [-0.39, 0.29) is 44.4 Å². The van der Waals surface area contributed by atoms with Gasteiger partial charge in [-0.3, -0.25) is 9.59 Å². The second-order valence-electron chi connectivity index (χ2n) is 10.7. The predicted molar refractivity (Wildman–Crippen MR) is 156 cm³/mol. The van der Waals surface area contributed by atoms with Crippen LogP contribution in [0.2, 0.25) is 0 Å². The number of hydrogen-bond acceptors (Lipinski definition) is 4. The van der Waals surface area contributed by atoms with Crippen molar-refractivity contribution >= 4 is 39.6 Å². The zero-order valence-electron chi connectivity index (χ0n) is 23.4. The number of alkyl halides is 9. The number of carbonyl (C=O) groups is 2. The van der Waals surface area contributed by atoms with Crippen molar-refractivity contribution < 1.29 is 49.1 Å². The number of hydrogen-bond donors (Lipinski definition) is 2. The molecule has 1 aliphatic rings. The highest BCUT2D eigenvalue weighted by molar-refractivity contribution is 6.36. The van der Waals surface area contributed by atoms with Gasteiger partial charge < -0.3 is 11.5 Å². The minimum Gasteiger partial charge on any atom is -0.399 e. The fourth-order valence-corrected chi connectivity index (χ4v) is 5.77. The summed E-state index contributed by atoms with van der Waals surface area (Å²) in [6.45, 7) is 0. The molecule has 6 rings (SSSR count). The highest BCUT2D eigenvalue weighted by Crippen LogP contribution is 2.46. The van der Waals surface area contributed by atoms with Crippen molar-refractivity contribution in [1.29, 1.82) is 0 Å². The Morgan fingerprint density at radius 3 is 1.38 bits per heavy atom. The molecule has 0 aliphatic carbocycles. The van der Waals surface area contributed by atoms with Gasteiger partial charge in [-0.1, -0.05) is 36.4 Å². The van der Waals surface area contributed by atoms with Gasteiger partial charge in [0.25, 0.3) is 11.8 Å². The lowest BCUT2D eigenvalue weighted by Gasteiger charge is -2.29. The van der Waals surface area contributed by atoms with Crippen molar-refractivity contribution in [2.24, 2.45) is 0 Å². The van der Waals surface area contributed by atoms with Gasteiger partial charge in [0.2, 0.25) is 0 Å². The van der Waals surface area contributed by atoms with E-state index in [0.29, 0.717) is 17.0 Å². The number of rotatable bonds is 3. The van der Waals surface area contributed by atoms with E-state index in [9.17, 15) is 49.1 Å². The summed E-state index contributed by atoms with van der Waals surface area (Å²) in [6, 6.07) is 13.8. The van der Waals surface area contributed by atoms with Gasteiger partial charge in [0.15, 0.2) is 0 Å². The van der Waals surface area contributed by atoms with Gasteiger partial charge in [0.1, 0.15) is 0 Å². The third-order valence-electron chi connectivity index (χ3n) is 7.75. The van der Waals surface area contributed by atoms with Crippen molar-refractivity contribution in [3.8, 4) is 22.3 Å². The Morgan fingerprint density at radius 2 is 0.872 bits per heavy atom. The second-order valence-corrected chi connectivity index (χ2v) is 10.7. The lowest BCUT2D eigenvalue weighted by atomic mass is 9.87. The summed E-state index contributed by atoms with van der Waals surface area (Å²) in [4.78, 5) is 27.9. The van der Waals surface area contributed by atoms with Crippen LogP contribution in [-0.2, 0) is 18.5 Å². The van der Waals surface area contributed by atoms with Crippen LogP contribution in [0.1, 0.15) is 37.4 Å². The standard InChI is InChI=1S/C33H18F9N3O2/c34-31(35,36)25-12-15(43)4-7-19(25)18-10-11-24-28-22(18)2-1-3-23(28)29(46)45(30(24)47)17-6-9-21(27(14-17)33(40,41)42)20-8-5-16(44)13-26(20)32(37,38)39/h1-14H,43-44H2. The molecule has 14 heteroatoms. The van der Waals surface area contributed by atoms with Crippen LogP contribution in [0, 0.1) is 0 Å². The average molecular weight is 660 g/mol. The summed E-state index contributed by atoms with van der Waals surface area (Å²) in [5.74, 6) is -2.19. The quantitative estimate of drug-likeness (QED) is 0.115. The Bertz CT molecular complexity index is 2110. The number of carbonyl (C=O) groups excluding carboxylic acids is 2. The number of nitrogens with zero attached hydrogens (tertiary/aromatic N) is 1. The van der Waals surface area contributed by atoms with E-state index in [1.807, 2.05) is 0 Å². The molecule has 2 amide bonds. The molecule has 47 heavy (non-hydrogen) atoms. The van der Waals surface area contributed by atoms with Crippen molar-refractivity contribution in [2.45, 2.75) is 18.5 Å². The summed E-state index contributed by atoms with van der Waals surface area (Å²) >= 11 is 0. The average Bonchev–Trinajstić information content (AvgIpc) is 2.98. The molecule has 5 aromatic rings. The van der Waals surface area contributed by atoms with Gasteiger partial charge in [0, 0.05) is 27.9 Å². The van der Waals surface area contributed by atoms with E-state index >= 15 is 0 Å². The highest BCUT2D eigenvalue weighted by atomic mass is 19.4. The Morgan fingerprint density at radius 1 is 0.468 bits per heavy atom. The normalized spacial score (nSPS) is 13.9. The van der Waals surface area contributed by atoms with E-state index in [0.717, 1.165) is 42.5 Å². The van der Waals surface area contributed by atoms with Gasteiger partial charge in [-0.2, -0.15) is 39.5 Å². The number of anilines is 3. The first-order valence-electron chi connectivity index (χ1n) is 13.5. The van der Waals surface area contributed by atoms with Crippen LogP contribution in [0.5, 0.6) is 0 Å². The molecular weight excluding hydrogens is 641 g/mol. The Balaban J connectivity index is 1.52. The van der Waals surface area contributed by atoms with E-state index in [2.05, 4.69) is 0 Å². The van der Waals surface area contributed by atoms with Crippen LogP contribution < -0.4 is 16.4 Å². The van der Waals surface area contributed by atoms with E-state index in [4.69, 9.17) is 11.5 Å². The van der Waals surface area contributed by atoms with Crippen molar-refractivity contribution in [3.63, 3.8) is 0 Å². The minimum atomic E-state index is -5.24. The third kappa shape index (κ3) is 5.28. The molecule has 0 fully saturated rings. The third-order valence-corrected chi connectivity index (χ3v) is 7.75. The van der Waals surface area contributed by atoms with Crippen LogP contribution in [0.3, 0.4) is 0 Å². The van der Waals surface area contributed by atoms with Crippen LogP contribution in [0.15, 0.2) is 84.9 Å². The monoisotopic (exact) mass is 659 g/mol. The Kier molecular flexibility index (Phi) is 7.03. The molecular formula is C33H18F9N3O2. The number of nitrogen functional groups attached to an aromatic ring is 2. The van der Waals surface area contributed by atoms with Crippen LogP contribution in [-0.4, -0.2) is 11.8 Å². The Hall–Kier alpha value is -5.53. The molecule has 5 aromatic carbocycles. The van der Waals surface area contributed by atoms with Crippen LogP contribution >= 0.6 is 0 Å². The maximum atomic E-state index is 14.4. The Labute approximate surface area is 258 Å². The molecule has 5 nitrogen and oxygen atoms in total. The first kappa shape index (κ1) is 31.5. The molecule has 0 radical (unpaired) electrons. The van der Waals surface area contributed by atoms with Gasteiger partial charge in [0.05, 0.1) is 22.4 Å². The molecule has 0 saturated heterocycles. The van der Waals surface area contributed by atoms with Crippen molar-refractivity contribution in [3.05, 3.63) is 113 Å². The first-order chi connectivity index (χ1) is 21.9. The summed E-state index contributed by atoms with van der Waals surface area (Å²) in [6.07, 6.45) is -15.1. The van der Waals surface area contributed by atoms with Gasteiger partial charge in [-0.05, 0) is 76.2 Å². The smallest absolute Gasteiger partial charge is 0.399 e. The lowest BCUT2D eigenvalue weighted by molar-refractivity contribution is -0.139. The molecule has 0 saturated carbocycles. The van der Waals surface area contributed by atoms with Gasteiger partial charge >= 0.3 is 18.5 Å². The molecule has 0 spiro atoms. The van der Waals surface area contributed by atoms with Gasteiger partial charge in [-0.15, -0.1) is 0 Å². The zero-order chi connectivity index (χ0) is 34.2. The highest BCUT2D eigenvalue weighted by Gasteiger charge is 2.41. The van der Waals surface area contributed by atoms with Crippen molar-refractivity contribution in [1.82, 2.24) is 0 Å². The predicted octanol–water partition coefficient (Wildman–Crippen LogP) is 9.20. The van der Waals surface area contributed by atoms with Crippen LogP contribution in [0.25, 0.3) is 33.0 Å². The minimum absolute atomic E-state index is 0.0136. The number of halogens is 9. The molecule has 1 aliphatic heterocycles. The largest absolute Gasteiger partial charge is 0.417 e. The number of imide groups is 1. The molecule has 240 valence electrons. The molecule has 0 bridgehead atoms. The van der Waals surface area contributed by atoms with Gasteiger partial charge in [-0.25, -0.2) is 4.90 Å². The van der Waals surface area contributed by atoms with E-state index in [1.54, 1.807) is 0 Å². The van der Waals surface area contributed by atoms with E-state index in [1.165, 1.54) is 30.3 Å².